The second kappa shape index (κ2) is 7.53. The van der Waals surface area contributed by atoms with Gasteiger partial charge in [-0.3, -0.25) is 4.90 Å². The molecule has 0 radical (unpaired) electrons. The van der Waals surface area contributed by atoms with Gasteiger partial charge in [-0.25, -0.2) is 4.79 Å². The third-order valence-corrected chi connectivity index (χ3v) is 3.94. The fourth-order valence-electron chi connectivity index (χ4n) is 2.71. The molecule has 0 unspecified atom stereocenters. The Morgan fingerprint density at radius 3 is 2.77 bits per heavy atom. The van der Waals surface area contributed by atoms with E-state index in [1.165, 1.54) is 7.11 Å². The van der Waals surface area contributed by atoms with E-state index in [1.807, 2.05) is 43.1 Å². The summed E-state index contributed by atoms with van der Waals surface area (Å²) in [5, 5.41) is 4.04. The van der Waals surface area contributed by atoms with Crippen molar-refractivity contribution in [1.29, 1.82) is 0 Å². The van der Waals surface area contributed by atoms with Crippen LogP contribution in [0.1, 0.15) is 33.3 Å². The Labute approximate surface area is 151 Å². The Kier molecular flexibility index (Phi) is 5.18. The molecule has 136 valence electrons. The average molecular weight is 355 g/mol. The maximum Gasteiger partial charge on any atom is 0.341 e. The van der Waals surface area contributed by atoms with Crippen molar-refractivity contribution in [2.45, 2.75) is 26.9 Å². The zero-order valence-corrected chi connectivity index (χ0v) is 15.3. The number of aromatic nitrogens is 2. The van der Waals surface area contributed by atoms with Crippen LogP contribution in [0.15, 0.2) is 39.3 Å². The Hall–Kier alpha value is -2.93. The number of benzene rings is 1. The van der Waals surface area contributed by atoms with Crippen molar-refractivity contribution >= 4 is 5.97 Å². The molecular weight excluding hydrogens is 334 g/mol. The Balaban J connectivity index is 1.66. The number of carbonyl (C=O) groups excluding carboxylic acids is 1. The third kappa shape index (κ3) is 4.00. The zero-order chi connectivity index (χ0) is 18.7. The minimum atomic E-state index is -0.402. The molecule has 2 heterocycles. The number of aryl methyl sites for hydroxylation is 2. The van der Waals surface area contributed by atoms with E-state index in [4.69, 9.17) is 13.7 Å². The van der Waals surface area contributed by atoms with Gasteiger partial charge >= 0.3 is 5.97 Å². The molecule has 1 aromatic carbocycles. The maximum absolute atomic E-state index is 11.7. The number of esters is 1. The second-order valence-electron chi connectivity index (χ2n) is 6.23. The molecule has 0 aliphatic rings. The van der Waals surface area contributed by atoms with Crippen LogP contribution in [-0.2, 0) is 17.8 Å². The van der Waals surface area contributed by atoms with Crippen molar-refractivity contribution < 1.29 is 18.5 Å². The molecule has 0 saturated carbocycles. The van der Waals surface area contributed by atoms with Gasteiger partial charge in [-0.1, -0.05) is 22.9 Å². The lowest BCUT2D eigenvalue weighted by atomic mass is 10.1. The van der Waals surface area contributed by atoms with Crippen LogP contribution in [0.25, 0.3) is 11.5 Å². The lowest BCUT2D eigenvalue weighted by Gasteiger charge is -2.11. The van der Waals surface area contributed by atoms with Gasteiger partial charge in [-0.2, -0.15) is 4.98 Å². The van der Waals surface area contributed by atoms with Crippen LogP contribution in [-0.4, -0.2) is 35.2 Å². The summed E-state index contributed by atoms with van der Waals surface area (Å²) in [7, 11) is 3.26. The van der Waals surface area contributed by atoms with Crippen LogP contribution in [0.4, 0.5) is 0 Å². The molecule has 0 amide bonds. The second-order valence-corrected chi connectivity index (χ2v) is 6.23. The van der Waals surface area contributed by atoms with Crippen LogP contribution in [0.2, 0.25) is 0 Å². The van der Waals surface area contributed by atoms with E-state index < -0.39 is 5.97 Å². The number of hydrogen-bond donors (Lipinski definition) is 0. The maximum atomic E-state index is 11.7. The number of furan rings is 1. The molecule has 2 aromatic heterocycles. The molecule has 0 bridgehead atoms. The first-order valence-electron chi connectivity index (χ1n) is 8.22. The number of nitrogens with zero attached hydrogens (tertiary/aromatic N) is 3. The van der Waals surface area contributed by atoms with Crippen molar-refractivity contribution in [3.8, 4) is 11.5 Å². The summed E-state index contributed by atoms with van der Waals surface area (Å²) in [4.78, 5) is 18.1. The predicted molar refractivity (Wildman–Crippen MR) is 94.4 cm³/mol. The Bertz CT molecular complexity index is 913. The number of rotatable bonds is 6. The van der Waals surface area contributed by atoms with Gasteiger partial charge in [0.1, 0.15) is 17.1 Å². The lowest BCUT2D eigenvalue weighted by Crippen LogP contribution is -2.17. The molecule has 7 nitrogen and oxygen atoms in total. The van der Waals surface area contributed by atoms with E-state index >= 15 is 0 Å². The molecule has 0 spiro atoms. The molecule has 0 N–H and O–H groups in total. The molecule has 0 fully saturated rings. The van der Waals surface area contributed by atoms with Gasteiger partial charge < -0.3 is 13.7 Å². The molecule has 3 rings (SSSR count). The highest BCUT2D eigenvalue weighted by Gasteiger charge is 2.17. The molecular formula is C19H21N3O4. The van der Waals surface area contributed by atoms with Crippen molar-refractivity contribution in [2.24, 2.45) is 0 Å². The van der Waals surface area contributed by atoms with E-state index in [-0.39, 0.29) is 0 Å². The fraction of sp³-hybridized carbons (Fsp3) is 0.316. The summed E-state index contributed by atoms with van der Waals surface area (Å²) in [5.74, 6) is 1.90. The largest absolute Gasteiger partial charge is 0.465 e. The number of ether oxygens (including phenoxy) is 1. The first-order chi connectivity index (χ1) is 12.5. The molecule has 0 aliphatic carbocycles. The molecule has 26 heavy (non-hydrogen) atoms. The van der Waals surface area contributed by atoms with Gasteiger partial charge in [0.25, 0.3) is 5.89 Å². The number of methoxy groups -OCH3 is 1. The Morgan fingerprint density at radius 1 is 1.23 bits per heavy atom. The van der Waals surface area contributed by atoms with E-state index in [0.717, 1.165) is 11.1 Å². The molecule has 7 heteroatoms. The minimum absolute atomic E-state index is 0.402. The Morgan fingerprint density at radius 2 is 2.04 bits per heavy atom. The SMILES string of the molecule is COC(=O)c1cc(CN(C)Cc2noc(-c3cccc(C)c3)n2)oc1C. The highest BCUT2D eigenvalue weighted by Crippen LogP contribution is 2.20. The van der Waals surface area contributed by atoms with Gasteiger partial charge in [-0.05, 0) is 39.1 Å². The number of hydrogen-bond acceptors (Lipinski definition) is 7. The highest BCUT2D eigenvalue weighted by molar-refractivity contribution is 5.90. The first kappa shape index (κ1) is 17.9. The van der Waals surface area contributed by atoms with Crippen molar-refractivity contribution in [3.63, 3.8) is 0 Å². The van der Waals surface area contributed by atoms with Gasteiger partial charge in [0.05, 0.1) is 20.2 Å². The van der Waals surface area contributed by atoms with E-state index in [2.05, 4.69) is 10.1 Å². The summed E-state index contributed by atoms with van der Waals surface area (Å²) in [6.45, 7) is 4.75. The summed E-state index contributed by atoms with van der Waals surface area (Å²) in [5.41, 5.74) is 2.47. The lowest BCUT2D eigenvalue weighted by molar-refractivity contribution is 0.0599. The van der Waals surface area contributed by atoms with E-state index in [9.17, 15) is 4.79 Å². The van der Waals surface area contributed by atoms with Gasteiger partial charge in [0.2, 0.25) is 0 Å². The van der Waals surface area contributed by atoms with E-state index in [0.29, 0.717) is 41.9 Å². The summed E-state index contributed by atoms with van der Waals surface area (Å²) < 4.78 is 15.7. The molecule has 0 atom stereocenters. The van der Waals surface area contributed by atoms with Crippen LogP contribution in [0.3, 0.4) is 0 Å². The molecule has 0 aliphatic heterocycles. The minimum Gasteiger partial charge on any atom is -0.465 e. The van der Waals surface area contributed by atoms with Gasteiger partial charge in [0, 0.05) is 5.56 Å². The van der Waals surface area contributed by atoms with Crippen LogP contribution >= 0.6 is 0 Å². The first-order valence-corrected chi connectivity index (χ1v) is 8.22. The highest BCUT2D eigenvalue weighted by atomic mass is 16.5. The smallest absolute Gasteiger partial charge is 0.341 e. The normalized spacial score (nSPS) is 11.1. The van der Waals surface area contributed by atoms with Gasteiger partial charge in [-0.15, -0.1) is 0 Å². The van der Waals surface area contributed by atoms with Crippen LogP contribution in [0, 0.1) is 13.8 Å². The zero-order valence-electron chi connectivity index (χ0n) is 15.3. The summed E-state index contributed by atoms with van der Waals surface area (Å²) >= 11 is 0. The fourth-order valence-corrected chi connectivity index (χ4v) is 2.71. The molecule has 0 saturated heterocycles. The third-order valence-electron chi connectivity index (χ3n) is 3.94. The monoisotopic (exact) mass is 355 g/mol. The summed E-state index contributed by atoms with van der Waals surface area (Å²) in [6, 6.07) is 9.61. The average Bonchev–Trinajstić information content (AvgIpc) is 3.21. The van der Waals surface area contributed by atoms with E-state index in [1.54, 1.807) is 13.0 Å². The van der Waals surface area contributed by atoms with Crippen LogP contribution in [0.5, 0.6) is 0 Å². The van der Waals surface area contributed by atoms with Crippen molar-refractivity contribution in [3.05, 3.63) is 58.8 Å². The van der Waals surface area contributed by atoms with Crippen molar-refractivity contribution in [1.82, 2.24) is 15.0 Å². The van der Waals surface area contributed by atoms with Crippen LogP contribution < -0.4 is 0 Å². The number of carbonyl (C=O) groups is 1. The van der Waals surface area contributed by atoms with Gasteiger partial charge in [0.15, 0.2) is 5.82 Å². The molecule has 3 aromatic rings. The van der Waals surface area contributed by atoms with Crippen molar-refractivity contribution in [2.75, 3.05) is 14.2 Å². The summed E-state index contributed by atoms with van der Waals surface area (Å²) in [6.07, 6.45) is 0. The topological polar surface area (TPSA) is 81.6 Å². The predicted octanol–water partition coefficient (Wildman–Crippen LogP) is 3.37. The quantitative estimate of drug-likeness (QED) is 0.627. The standard InChI is InChI=1S/C19H21N3O4/c1-12-6-5-7-14(8-12)18-20-17(21-26-18)11-22(3)10-15-9-16(13(2)25-15)19(23)24-4/h5-9H,10-11H2,1-4H3.